The summed E-state index contributed by atoms with van der Waals surface area (Å²) in [4.78, 5) is 37.3. The zero-order valence-corrected chi connectivity index (χ0v) is 25.7. The van der Waals surface area contributed by atoms with Crippen molar-refractivity contribution in [1.29, 1.82) is 10.5 Å². The number of carbonyl (C=O) groups is 3. The third-order valence-corrected chi connectivity index (χ3v) is 8.45. The number of anilines is 1. The Bertz CT molecular complexity index is 1740. The maximum atomic E-state index is 14.8. The number of hydrogen-bond acceptors (Lipinski definition) is 5. The van der Waals surface area contributed by atoms with Gasteiger partial charge < -0.3 is 10.2 Å². The van der Waals surface area contributed by atoms with Gasteiger partial charge in [-0.05, 0) is 103 Å². The van der Waals surface area contributed by atoms with E-state index in [2.05, 4.69) is 33.4 Å². The first-order chi connectivity index (χ1) is 20.2. The maximum absolute atomic E-state index is 14.8. The second-order valence-corrected chi connectivity index (χ2v) is 12.3. The monoisotopic (exact) mass is 646 g/mol. The lowest BCUT2D eigenvalue weighted by atomic mass is 9.83. The second-order valence-electron chi connectivity index (χ2n) is 11.5. The van der Waals surface area contributed by atoms with Crippen molar-refractivity contribution in [3.8, 4) is 12.1 Å². The van der Waals surface area contributed by atoms with Gasteiger partial charge in [0.2, 0.25) is 0 Å². The maximum Gasteiger partial charge on any atom is 0.261 e. The van der Waals surface area contributed by atoms with Crippen LogP contribution >= 0.6 is 15.9 Å². The van der Waals surface area contributed by atoms with Crippen LogP contribution in [-0.4, -0.2) is 31.2 Å². The zero-order chi connectivity index (χ0) is 31.7. The third-order valence-electron chi connectivity index (χ3n) is 7.76. The van der Waals surface area contributed by atoms with Gasteiger partial charge in [-0.3, -0.25) is 14.4 Å². The van der Waals surface area contributed by atoms with Crippen LogP contribution in [0.1, 0.15) is 81.0 Å². The molecule has 0 aliphatic carbocycles. The molecule has 0 spiro atoms. The summed E-state index contributed by atoms with van der Waals surface area (Å²) in [6, 6.07) is 15.4. The highest BCUT2D eigenvalue weighted by Gasteiger charge is 2.33. The molecule has 5 rings (SSSR count). The van der Waals surface area contributed by atoms with Crippen molar-refractivity contribution in [3.63, 3.8) is 0 Å². The van der Waals surface area contributed by atoms with E-state index < -0.39 is 28.4 Å². The van der Waals surface area contributed by atoms with Gasteiger partial charge in [0.15, 0.2) is 6.29 Å². The van der Waals surface area contributed by atoms with Crippen LogP contribution in [0.4, 0.5) is 14.5 Å². The van der Waals surface area contributed by atoms with Crippen molar-refractivity contribution in [2.45, 2.75) is 51.4 Å². The highest BCUT2D eigenvalue weighted by atomic mass is 79.9. The highest BCUT2D eigenvalue weighted by Crippen LogP contribution is 2.34. The van der Waals surface area contributed by atoms with Crippen molar-refractivity contribution in [3.05, 3.63) is 97.5 Å². The SMILES string of the molecule is CC(C)(C#N)c1cc(F)c2c(c1)CCN(c1cccc(Br)c1C=O)C2=O.CC(C)(C#N)c1cc(F)c2c(c1)CCNC2=O. The van der Waals surface area contributed by atoms with Crippen molar-refractivity contribution in [1.82, 2.24) is 5.32 Å². The molecule has 3 aromatic carbocycles. The first-order valence-electron chi connectivity index (χ1n) is 13.6. The van der Waals surface area contributed by atoms with E-state index >= 15 is 0 Å². The molecule has 2 heterocycles. The average Bonchev–Trinajstić information content (AvgIpc) is 2.97. The molecule has 0 radical (unpaired) electrons. The normalized spacial score (nSPS) is 14.3. The van der Waals surface area contributed by atoms with Gasteiger partial charge >= 0.3 is 0 Å². The Morgan fingerprint density at radius 1 is 0.907 bits per heavy atom. The first kappa shape index (κ1) is 31.5. The molecule has 2 aliphatic heterocycles. The molecule has 0 atom stereocenters. The minimum atomic E-state index is -0.842. The summed E-state index contributed by atoms with van der Waals surface area (Å²) < 4.78 is 29.2. The van der Waals surface area contributed by atoms with Crippen molar-refractivity contribution >= 4 is 39.7 Å². The van der Waals surface area contributed by atoms with Crippen LogP contribution in [0.5, 0.6) is 0 Å². The lowest BCUT2D eigenvalue weighted by molar-refractivity contribution is 0.0939. The molecule has 0 bridgehead atoms. The van der Waals surface area contributed by atoms with Gasteiger partial charge in [0.25, 0.3) is 11.8 Å². The Morgan fingerprint density at radius 3 is 2.02 bits per heavy atom. The molecule has 43 heavy (non-hydrogen) atoms. The molecule has 0 saturated heterocycles. The fourth-order valence-electron chi connectivity index (χ4n) is 5.04. The summed E-state index contributed by atoms with van der Waals surface area (Å²) >= 11 is 3.31. The van der Waals surface area contributed by atoms with Crippen LogP contribution in [0.15, 0.2) is 46.9 Å². The lowest BCUT2D eigenvalue weighted by Crippen LogP contribution is -2.39. The lowest BCUT2D eigenvalue weighted by Gasteiger charge is -2.31. The first-order valence-corrected chi connectivity index (χ1v) is 14.4. The van der Waals surface area contributed by atoms with E-state index in [0.717, 1.165) is 0 Å². The molecule has 1 N–H and O–H groups in total. The molecular formula is C33H29BrF2N4O3. The molecule has 220 valence electrons. The number of amides is 2. The summed E-state index contributed by atoms with van der Waals surface area (Å²) in [5.41, 5.74) is 1.78. The van der Waals surface area contributed by atoms with Gasteiger partial charge in [0.05, 0.1) is 45.3 Å². The molecule has 2 aliphatic rings. The van der Waals surface area contributed by atoms with Crippen molar-refractivity contribution in [2.24, 2.45) is 0 Å². The highest BCUT2D eigenvalue weighted by molar-refractivity contribution is 9.10. The summed E-state index contributed by atoms with van der Waals surface area (Å²) in [7, 11) is 0. The predicted molar refractivity (Wildman–Crippen MR) is 161 cm³/mol. The molecular weight excluding hydrogens is 618 g/mol. The topological polar surface area (TPSA) is 114 Å². The minimum absolute atomic E-state index is 0.00515. The van der Waals surface area contributed by atoms with Gasteiger partial charge in [-0.25, -0.2) is 8.78 Å². The van der Waals surface area contributed by atoms with Gasteiger partial charge in [0, 0.05) is 17.6 Å². The van der Waals surface area contributed by atoms with Crippen LogP contribution in [0.2, 0.25) is 0 Å². The van der Waals surface area contributed by atoms with Crippen molar-refractivity contribution in [2.75, 3.05) is 18.0 Å². The molecule has 0 fully saturated rings. The van der Waals surface area contributed by atoms with Crippen LogP contribution in [0.3, 0.4) is 0 Å². The summed E-state index contributed by atoms with van der Waals surface area (Å²) in [6.07, 6.45) is 1.72. The number of hydrogen-bond donors (Lipinski definition) is 1. The quantitative estimate of drug-likeness (QED) is 0.333. The Kier molecular flexibility index (Phi) is 8.84. The van der Waals surface area contributed by atoms with Gasteiger partial charge in [-0.2, -0.15) is 10.5 Å². The number of nitrogens with one attached hydrogen (secondary N) is 1. The molecule has 10 heteroatoms. The molecule has 0 unspecified atom stereocenters. The van der Waals surface area contributed by atoms with E-state index in [0.29, 0.717) is 70.2 Å². The number of rotatable bonds is 4. The number of nitrogens with zero attached hydrogens (tertiary/aromatic N) is 3. The average molecular weight is 648 g/mol. The molecule has 3 aromatic rings. The van der Waals surface area contributed by atoms with E-state index in [1.807, 2.05) is 0 Å². The number of fused-ring (bicyclic) bond motifs is 2. The van der Waals surface area contributed by atoms with Gasteiger partial charge in [-0.1, -0.05) is 18.2 Å². The Morgan fingerprint density at radius 2 is 1.47 bits per heavy atom. The standard InChI is InChI=1S/C20H16BrFN2O2.C13H13FN2O/c1-20(2,11-23)13-8-12-6-7-24(19(26)18(12)16(22)9-13)17-5-3-4-15(21)14(17)10-25;1-13(2,7-15)9-5-8-3-4-16-12(17)11(8)10(14)6-9/h3-5,8-10H,6-7H2,1-2H3;5-6H,3-4H2,1-2H3,(H,16,17). The Labute approximate surface area is 257 Å². The Balaban J connectivity index is 0.000000215. The van der Waals surface area contributed by atoms with E-state index in [9.17, 15) is 28.4 Å². The minimum Gasteiger partial charge on any atom is -0.352 e. The van der Waals surface area contributed by atoms with E-state index in [1.165, 1.54) is 17.0 Å². The van der Waals surface area contributed by atoms with Crippen LogP contribution in [-0.2, 0) is 23.7 Å². The Hall–Kier alpha value is -4.41. The second kappa shape index (κ2) is 12.1. The van der Waals surface area contributed by atoms with E-state index in [1.54, 1.807) is 58.0 Å². The molecule has 7 nitrogen and oxygen atoms in total. The summed E-state index contributed by atoms with van der Waals surface area (Å²) in [5, 5.41) is 20.9. The predicted octanol–water partition coefficient (Wildman–Crippen LogP) is 6.32. The largest absolute Gasteiger partial charge is 0.352 e. The van der Waals surface area contributed by atoms with Crippen molar-refractivity contribution < 1.29 is 23.2 Å². The molecule has 2 amide bonds. The van der Waals surface area contributed by atoms with Crippen LogP contribution in [0.25, 0.3) is 0 Å². The third kappa shape index (κ3) is 6.07. The van der Waals surface area contributed by atoms with Crippen LogP contribution < -0.4 is 10.2 Å². The van der Waals surface area contributed by atoms with Gasteiger partial charge in [0.1, 0.15) is 11.6 Å². The number of halogens is 3. The van der Waals surface area contributed by atoms with E-state index in [4.69, 9.17) is 5.26 Å². The van der Waals surface area contributed by atoms with Gasteiger partial charge in [-0.15, -0.1) is 0 Å². The smallest absolute Gasteiger partial charge is 0.261 e. The summed E-state index contributed by atoms with van der Waals surface area (Å²) in [6.45, 7) is 7.74. The molecule has 0 saturated carbocycles. The fraction of sp³-hybridized carbons (Fsp3) is 0.303. The number of benzene rings is 3. The molecule has 0 aromatic heterocycles. The van der Waals surface area contributed by atoms with E-state index in [-0.39, 0.29) is 17.0 Å². The summed E-state index contributed by atoms with van der Waals surface area (Å²) in [5.74, 6) is -2.03. The fourth-order valence-corrected chi connectivity index (χ4v) is 5.49. The number of carbonyl (C=O) groups excluding carboxylic acids is 3. The zero-order valence-electron chi connectivity index (χ0n) is 24.1. The number of nitriles is 2. The number of aldehydes is 1. The van der Waals surface area contributed by atoms with Crippen LogP contribution in [0, 0.1) is 34.3 Å².